The number of carbonyl (C=O) groups is 2. The Labute approximate surface area is 139 Å². The van der Waals surface area contributed by atoms with Crippen molar-refractivity contribution in [3.63, 3.8) is 0 Å². The zero-order valence-corrected chi connectivity index (χ0v) is 13.8. The summed E-state index contributed by atoms with van der Waals surface area (Å²) in [6, 6.07) is 7.69. The van der Waals surface area contributed by atoms with Gasteiger partial charge in [-0.1, -0.05) is 12.1 Å². The highest BCUT2D eigenvalue weighted by Gasteiger charge is 2.21. The average molecular weight is 331 g/mol. The number of thiazole rings is 1. The number of fused-ring (bicyclic) bond motifs is 1. The van der Waals surface area contributed by atoms with Gasteiger partial charge in [0.05, 0.1) is 15.2 Å². The molecule has 1 aromatic heterocycles. The number of hydrogen-bond donors (Lipinski definition) is 2. The van der Waals surface area contributed by atoms with Crippen molar-refractivity contribution in [2.45, 2.75) is 44.6 Å². The smallest absolute Gasteiger partial charge is 0.242 e. The normalized spacial score (nSPS) is 18.4. The molecular formula is C17H21N3O2S. The molecular weight excluding hydrogens is 310 g/mol. The molecule has 0 radical (unpaired) electrons. The Morgan fingerprint density at radius 3 is 3.09 bits per heavy atom. The van der Waals surface area contributed by atoms with Gasteiger partial charge in [-0.05, 0) is 44.2 Å². The van der Waals surface area contributed by atoms with Gasteiger partial charge in [-0.15, -0.1) is 11.3 Å². The number of amides is 2. The summed E-state index contributed by atoms with van der Waals surface area (Å²) in [7, 11) is 0. The van der Waals surface area contributed by atoms with E-state index in [0.29, 0.717) is 13.0 Å². The maximum atomic E-state index is 12.0. The zero-order chi connectivity index (χ0) is 16.1. The van der Waals surface area contributed by atoms with Crippen molar-refractivity contribution in [3.8, 4) is 0 Å². The largest absolute Gasteiger partial charge is 0.354 e. The molecule has 1 aromatic carbocycles. The van der Waals surface area contributed by atoms with Crippen molar-refractivity contribution < 1.29 is 9.59 Å². The molecule has 0 aliphatic carbocycles. The maximum Gasteiger partial charge on any atom is 0.242 e. The van der Waals surface area contributed by atoms with Crippen LogP contribution in [0.4, 0.5) is 0 Å². The highest BCUT2D eigenvalue weighted by Crippen LogP contribution is 2.22. The second-order valence-corrected chi connectivity index (χ2v) is 6.95. The molecule has 1 aliphatic heterocycles. The summed E-state index contributed by atoms with van der Waals surface area (Å²) in [6.07, 6.45) is 4.66. The van der Waals surface area contributed by atoms with Crippen LogP contribution in [0.1, 0.15) is 37.1 Å². The molecule has 122 valence electrons. The van der Waals surface area contributed by atoms with Crippen molar-refractivity contribution in [1.29, 1.82) is 0 Å². The van der Waals surface area contributed by atoms with E-state index >= 15 is 0 Å². The molecule has 1 aliphatic rings. The monoisotopic (exact) mass is 331 g/mol. The van der Waals surface area contributed by atoms with Gasteiger partial charge in [-0.2, -0.15) is 0 Å². The molecule has 1 unspecified atom stereocenters. The maximum absolute atomic E-state index is 12.0. The van der Waals surface area contributed by atoms with Gasteiger partial charge in [0.15, 0.2) is 0 Å². The van der Waals surface area contributed by atoms with Crippen LogP contribution < -0.4 is 10.6 Å². The quantitative estimate of drug-likeness (QED) is 0.884. The number of benzene rings is 1. The standard InChI is InChI=1S/C17H21N3O2S/c21-15(19-13-7-3-4-11-18-17(13)22)9-5-10-16-20-12-6-1-2-8-14(12)23-16/h1-2,6,8,13H,3-5,7,9-11H2,(H,18,22)(H,19,21). The molecule has 0 spiro atoms. The van der Waals surface area contributed by atoms with Crippen molar-refractivity contribution >= 4 is 33.4 Å². The Morgan fingerprint density at radius 2 is 2.22 bits per heavy atom. The third kappa shape index (κ3) is 4.28. The molecule has 2 amide bonds. The summed E-state index contributed by atoms with van der Waals surface area (Å²) in [5.41, 5.74) is 1.02. The average Bonchev–Trinajstić information content (AvgIpc) is 2.85. The first kappa shape index (κ1) is 15.9. The Morgan fingerprint density at radius 1 is 1.35 bits per heavy atom. The molecule has 2 N–H and O–H groups in total. The molecule has 1 fully saturated rings. The van der Waals surface area contributed by atoms with E-state index in [1.807, 2.05) is 18.2 Å². The minimum absolute atomic E-state index is 0.0480. The fraction of sp³-hybridized carbons (Fsp3) is 0.471. The first-order valence-electron chi connectivity index (χ1n) is 8.14. The summed E-state index contributed by atoms with van der Waals surface area (Å²) in [4.78, 5) is 28.4. The van der Waals surface area contributed by atoms with E-state index in [0.717, 1.165) is 42.6 Å². The van der Waals surface area contributed by atoms with Gasteiger partial charge in [0.1, 0.15) is 6.04 Å². The van der Waals surface area contributed by atoms with Crippen LogP contribution in [0.15, 0.2) is 24.3 Å². The molecule has 0 bridgehead atoms. The third-order valence-electron chi connectivity index (χ3n) is 4.00. The van der Waals surface area contributed by atoms with Crippen LogP contribution in [0, 0.1) is 0 Å². The molecule has 2 heterocycles. The van der Waals surface area contributed by atoms with Crippen LogP contribution in [0.5, 0.6) is 0 Å². The molecule has 3 rings (SSSR count). The lowest BCUT2D eigenvalue weighted by molar-refractivity contribution is -0.128. The molecule has 23 heavy (non-hydrogen) atoms. The van der Waals surface area contributed by atoms with E-state index in [4.69, 9.17) is 0 Å². The predicted molar refractivity (Wildman–Crippen MR) is 91.3 cm³/mol. The number of hydrogen-bond acceptors (Lipinski definition) is 4. The van der Waals surface area contributed by atoms with Crippen molar-refractivity contribution in [2.75, 3.05) is 6.54 Å². The summed E-state index contributed by atoms with van der Waals surface area (Å²) in [5, 5.41) is 6.75. The molecule has 1 saturated heterocycles. The summed E-state index contributed by atoms with van der Waals surface area (Å²) in [6.45, 7) is 0.711. The highest BCUT2D eigenvalue weighted by atomic mass is 32.1. The van der Waals surface area contributed by atoms with E-state index in [1.54, 1.807) is 11.3 Å². The van der Waals surface area contributed by atoms with Gasteiger partial charge in [-0.25, -0.2) is 4.98 Å². The lowest BCUT2D eigenvalue weighted by Crippen LogP contribution is -2.45. The zero-order valence-electron chi connectivity index (χ0n) is 13.0. The molecule has 2 aromatic rings. The highest BCUT2D eigenvalue weighted by molar-refractivity contribution is 7.18. The molecule has 6 heteroatoms. The third-order valence-corrected chi connectivity index (χ3v) is 5.10. The van der Waals surface area contributed by atoms with E-state index in [9.17, 15) is 9.59 Å². The number of aromatic nitrogens is 1. The Kier molecular flexibility index (Phi) is 5.23. The summed E-state index contributed by atoms with van der Waals surface area (Å²) < 4.78 is 1.18. The SMILES string of the molecule is O=C(CCCc1nc2ccccc2s1)NC1CCCCNC1=O. The predicted octanol–water partition coefficient (Wildman–Crippen LogP) is 2.40. The van der Waals surface area contributed by atoms with Gasteiger partial charge in [0.25, 0.3) is 0 Å². The van der Waals surface area contributed by atoms with Gasteiger partial charge in [-0.3, -0.25) is 9.59 Å². The fourth-order valence-corrected chi connectivity index (χ4v) is 3.78. The van der Waals surface area contributed by atoms with Gasteiger partial charge >= 0.3 is 0 Å². The Bertz CT molecular complexity index is 665. The van der Waals surface area contributed by atoms with Crippen LogP contribution in [-0.2, 0) is 16.0 Å². The first-order valence-corrected chi connectivity index (χ1v) is 8.95. The van der Waals surface area contributed by atoms with Crippen LogP contribution in [-0.4, -0.2) is 29.4 Å². The van der Waals surface area contributed by atoms with E-state index in [2.05, 4.69) is 21.7 Å². The lowest BCUT2D eigenvalue weighted by Gasteiger charge is -2.14. The molecule has 1 atom stereocenters. The van der Waals surface area contributed by atoms with Gasteiger partial charge < -0.3 is 10.6 Å². The second-order valence-electron chi connectivity index (χ2n) is 5.84. The summed E-state index contributed by atoms with van der Waals surface area (Å²) >= 11 is 1.68. The Balaban J connectivity index is 1.46. The number of carbonyl (C=O) groups excluding carboxylic acids is 2. The van der Waals surface area contributed by atoms with Crippen molar-refractivity contribution in [3.05, 3.63) is 29.3 Å². The van der Waals surface area contributed by atoms with Gasteiger partial charge in [0.2, 0.25) is 11.8 Å². The van der Waals surface area contributed by atoms with Crippen molar-refractivity contribution in [1.82, 2.24) is 15.6 Å². The topological polar surface area (TPSA) is 71.1 Å². The number of rotatable bonds is 5. The first-order chi connectivity index (χ1) is 11.2. The minimum atomic E-state index is -0.368. The Hall–Kier alpha value is -1.95. The summed E-state index contributed by atoms with van der Waals surface area (Å²) in [5.74, 6) is -0.102. The van der Waals surface area contributed by atoms with E-state index in [-0.39, 0.29) is 17.9 Å². The van der Waals surface area contributed by atoms with Crippen LogP contribution >= 0.6 is 11.3 Å². The number of aryl methyl sites for hydroxylation is 1. The van der Waals surface area contributed by atoms with Crippen molar-refractivity contribution in [2.24, 2.45) is 0 Å². The number of nitrogens with one attached hydrogen (secondary N) is 2. The van der Waals surface area contributed by atoms with Crippen LogP contribution in [0.25, 0.3) is 10.2 Å². The number of nitrogens with zero attached hydrogens (tertiary/aromatic N) is 1. The molecule has 0 saturated carbocycles. The van der Waals surface area contributed by atoms with E-state index in [1.165, 1.54) is 4.70 Å². The van der Waals surface area contributed by atoms with Crippen LogP contribution in [0.2, 0.25) is 0 Å². The fourth-order valence-electron chi connectivity index (χ4n) is 2.77. The van der Waals surface area contributed by atoms with Gasteiger partial charge in [0, 0.05) is 13.0 Å². The minimum Gasteiger partial charge on any atom is -0.354 e. The second kappa shape index (κ2) is 7.55. The lowest BCUT2D eigenvalue weighted by atomic mass is 10.1. The molecule has 5 nitrogen and oxygen atoms in total. The number of para-hydroxylation sites is 1. The van der Waals surface area contributed by atoms with E-state index < -0.39 is 0 Å². The van der Waals surface area contributed by atoms with Crippen LogP contribution in [0.3, 0.4) is 0 Å².